The Labute approximate surface area is 173 Å². The lowest BCUT2D eigenvalue weighted by atomic mass is 10.1. The molecule has 0 saturated carbocycles. The number of hydrogen-bond donors (Lipinski definition) is 1. The van der Waals surface area contributed by atoms with Crippen LogP contribution in [-0.2, 0) is 18.3 Å². The number of guanidine groups is 1. The van der Waals surface area contributed by atoms with Crippen molar-refractivity contribution >= 4 is 29.9 Å². The molecule has 148 valence electrons. The molecule has 26 heavy (non-hydrogen) atoms. The van der Waals surface area contributed by atoms with Crippen LogP contribution in [0.25, 0.3) is 0 Å². The van der Waals surface area contributed by atoms with Gasteiger partial charge in [0.1, 0.15) is 12.4 Å². The van der Waals surface area contributed by atoms with E-state index in [1.165, 1.54) is 13.0 Å². The molecule has 0 spiro atoms. The van der Waals surface area contributed by atoms with Crippen LogP contribution in [0.1, 0.15) is 25.0 Å². The fourth-order valence-corrected chi connectivity index (χ4v) is 3.48. The normalized spacial score (nSPS) is 21.7. The zero-order valence-corrected chi connectivity index (χ0v) is 18.5. The minimum atomic E-state index is 0. The monoisotopic (exact) mass is 477 g/mol. The van der Waals surface area contributed by atoms with E-state index in [1.807, 2.05) is 18.5 Å². The third-order valence-corrected chi connectivity index (χ3v) is 5.09. The first-order valence-electron chi connectivity index (χ1n) is 9.35. The summed E-state index contributed by atoms with van der Waals surface area (Å²) in [6.45, 7) is 12.7. The Morgan fingerprint density at radius 2 is 2.04 bits per heavy atom. The summed E-state index contributed by atoms with van der Waals surface area (Å²) in [5, 5.41) is 11.7. The van der Waals surface area contributed by atoms with E-state index in [2.05, 4.69) is 32.2 Å². The van der Waals surface area contributed by atoms with E-state index < -0.39 is 0 Å². The molecule has 0 amide bonds. The topological polar surface area (TPSA) is 70.8 Å². The van der Waals surface area contributed by atoms with Crippen molar-refractivity contribution < 1.29 is 4.74 Å². The molecule has 1 unspecified atom stereocenters. The Hall–Kier alpha value is -0.940. The zero-order chi connectivity index (χ0) is 17.6. The second-order valence-electron chi connectivity index (χ2n) is 6.91. The summed E-state index contributed by atoms with van der Waals surface area (Å²) >= 11 is 0. The maximum atomic E-state index is 5.45. The quantitative estimate of drug-likeness (QED) is 0.386. The molecule has 2 fully saturated rings. The van der Waals surface area contributed by atoms with Gasteiger partial charge in [-0.1, -0.05) is 0 Å². The lowest BCUT2D eigenvalue weighted by Gasteiger charge is -2.29. The summed E-state index contributed by atoms with van der Waals surface area (Å²) in [4.78, 5) is 9.71. The average molecular weight is 477 g/mol. The van der Waals surface area contributed by atoms with Gasteiger partial charge in [0.2, 0.25) is 0 Å². The largest absolute Gasteiger partial charge is 0.379 e. The zero-order valence-electron chi connectivity index (χ0n) is 16.1. The van der Waals surface area contributed by atoms with E-state index in [4.69, 9.17) is 9.73 Å². The van der Waals surface area contributed by atoms with E-state index in [1.54, 1.807) is 0 Å². The lowest BCUT2D eigenvalue weighted by molar-refractivity contribution is 0.0315. The number of halogens is 1. The first-order chi connectivity index (χ1) is 12.2. The number of aliphatic imine (C=N–C) groups is 1. The molecule has 0 radical (unpaired) electrons. The first kappa shape index (κ1) is 21.4. The fraction of sp³-hybridized carbons (Fsp3) is 0.824. The van der Waals surface area contributed by atoms with Gasteiger partial charge >= 0.3 is 0 Å². The van der Waals surface area contributed by atoms with Crippen LogP contribution < -0.4 is 5.32 Å². The van der Waals surface area contributed by atoms with Gasteiger partial charge in [-0.25, -0.2) is 4.99 Å². The molecule has 0 aliphatic carbocycles. The van der Waals surface area contributed by atoms with Crippen molar-refractivity contribution in [2.24, 2.45) is 18.0 Å². The Kier molecular flexibility index (Phi) is 8.55. The van der Waals surface area contributed by atoms with E-state index in [-0.39, 0.29) is 24.0 Å². The molecule has 2 saturated heterocycles. The summed E-state index contributed by atoms with van der Waals surface area (Å²) in [5.41, 5.74) is 0. The van der Waals surface area contributed by atoms with Crippen molar-refractivity contribution in [1.82, 2.24) is 29.9 Å². The van der Waals surface area contributed by atoms with Crippen molar-refractivity contribution in [3.05, 3.63) is 11.6 Å². The van der Waals surface area contributed by atoms with Gasteiger partial charge in [-0.15, -0.1) is 34.2 Å². The second kappa shape index (κ2) is 10.4. The number of aromatic nitrogens is 3. The lowest BCUT2D eigenvalue weighted by Crippen LogP contribution is -2.42. The SMILES string of the molecule is CCNC(=NCc1nnc(C)n1C)N1CCC(CN2CCOCC2)C1.I. The Morgan fingerprint density at radius 3 is 2.69 bits per heavy atom. The smallest absolute Gasteiger partial charge is 0.194 e. The van der Waals surface area contributed by atoms with Crippen LogP contribution in [0.4, 0.5) is 0 Å². The highest BCUT2D eigenvalue weighted by Gasteiger charge is 2.27. The summed E-state index contributed by atoms with van der Waals surface area (Å²) in [7, 11) is 1.99. The van der Waals surface area contributed by atoms with Crippen molar-refractivity contribution in [2.75, 3.05) is 52.5 Å². The molecule has 8 nitrogen and oxygen atoms in total. The van der Waals surface area contributed by atoms with Gasteiger partial charge < -0.3 is 19.5 Å². The number of rotatable bonds is 5. The molecule has 3 heterocycles. The molecule has 3 rings (SSSR count). The minimum absolute atomic E-state index is 0. The molecule has 1 aromatic rings. The minimum Gasteiger partial charge on any atom is -0.379 e. The van der Waals surface area contributed by atoms with Gasteiger partial charge in [0, 0.05) is 46.3 Å². The standard InChI is InChI=1S/C17H31N7O.HI/c1-4-18-17(19-11-16-21-20-14(2)22(16)3)24-6-5-15(13-24)12-23-7-9-25-10-8-23;/h15H,4-13H2,1-3H3,(H,18,19);1H. The molecule has 2 aliphatic rings. The number of hydrogen-bond acceptors (Lipinski definition) is 5. The first-order valence-corrected chi connectivity index (χ1v) is 9.35. The van der Waals surface area contributed by atoms with Crippen LogP contribution in [0.3, 0.4) is 0 Å². The maximum Gasteiger partial charge on any atom is 0.194 e. The molecule has 1 aromatic heterocycles. The average Bonchev–Trinajstić information content (AvgIpc) is 3.21. The van der Waals surface area contributed by atoms with Crippen LogP contribution in [-0.4, -0.2) is 83.0 Å². The van der Waals surface area contributed by atoms with E-state index in [0.717, 1.165) is 63.5 Å². The van der Waals surface area contributed by atoms with E-state index in [0.29, 0.717) is 12.5 Å². The number of nitrogens with zero attached hydrogens (tertiary/aromatic N) is 6. The van der Waals surface area contributed by atoms with Crippen molar-refractivity contribution in [1.29, 1.82) is 0 Å². The predicted molar refractivity (Wildman–Crippen MR) is 113 cm³/mol. The molecule has 0 bridgehead atoms. The van der Waals surface area contributed by atoms with Gasteiger partial charge in [0.15, 0.2) is 11.8 Å². The summed E-state index contributed by atoms with van der Waals surface area (Å²) in [6, 6.07) is 0. The Balaban J connectivity index is 0.00000243. The molecule has 1 atom stereocenters. The highest BCUT2D eigenvalue weighted by Crippen LogP contribution is 2.18. The van der Waals surface area contributed by atoms with Gasteiger partial charge in [-0.2, -0.15) is 0 Å². The molecule has 9 heteroatoms. The van der Waals surface area contributed by atoms with Crippen molar-refractivity contribution in [3.8, 4) is 0 Å². The number of ether oxygens (including phenoxy) is 1. The third-order valence-electron chi connectivity index (χ3n) is 5.09. The number of morpholine rings is 1. The number of aryl methyl sites for hydroxylation is 1. The third kappa shape index (κ3) is 5.53. The van der Waals surface area contributed by atoms with Crippen molar-refractivity contribution in [3.63, 3.8) is 0 Å². The number of likely N-dealkylation sites (tertiary alicyclic amines) is 1. The highest BCUT2D eigenvalue weighted by molar-refractivity contribution is 14.0. The Morgan fingerprint density at radius 1 is 1.27 bits per heavy atom. The fourth-order valence-electron chi connectivity index (χ4n) is 3.48. The molecular weight excluding hydrogens is 445 g/mol. The van der Waals surface area contributed by atoms with Crippen LogP contribution in [0, 0.1) is 12.8 Å². The van der Waals surface area contributed by atoms with Crippen LogP contribution in [0.5, 0.6) is 0 Å². The van der Waals surface area contributed by atoms with Crippen LogP contribution >= 0.6 is 24.0 Å². The number of nitrogens with one attached hydrogen (secondary N) is 1. The van der Waals surface area contributed by atoms with Crippen LogP contribution in [0.2, 0.25) is 0 Å². The van der Waals surface area contributed by atoms with Crippen LogP contribution in [0.15, 0.2) is 4.99 Å². The van der Waals surface area contributed by atoms with E-state index in [9.17, 15) is 0 Å². The molecule has 2 aliphatic heterocycles. The molecular formula is C17H32IN7O. The molecule has 0 aromatic carbocycles. The summed E-state index contributed by atoms with van der Waals surface area (Å²) in [6.07, 6.45) is 1.23. The van der Waals surface area contributed by atoms with Gasteiger partial charge in [0.25, 0.3) is 0 Å². The van der Waals surface area contributed by atoms with Gasteiger partial charge in [0.05, 0.1) is 13.2 Å². The van der Waals surface area contributed by atoms with Gasteiger partial charge in [-0.3, -0.25) is 4.90 Å². The van der Waals surface area contributed by atoms with Crippen molar-refractivity contribution in [2.45, 2.75) is 26.8 Å². The summed E-state index contributed by atoms with van der Waals surface area (Å²) < 4.78 is 7.44. The van der Waals surface area contributed by atoms with E-state index >= 15 is 0 Å². The van der Waals surface area contributed by atoms with Gasteiger partial charge in [-0.05, 0) is 26.2 Å². The highest BCUT2D eigenvalue weighted by atomic mass is 127. The maximum absolute atomic E-state index is 5.45. The second-order valence-corrected chi connectivity index (χ2v) is 6.91. The predicted octanol–water partition coefficient (Wildman–Crippen LogP) is 0.861. The molecule has 1 N–H and O–H groups in total. The summed E-state index contributed by atoms with van der Waals surface area (Å²) in [5.74, 6) is 3.52. The Bertz CT molecular complexity index is 586.